The van der Waals surface area contributed by atoms with Crippen LogP contribution in [0.4, 0.5) is 13.2 Å². The van der Waals surface area contributed by atoms with E-state index < -0.39 is 11.7 Å². The van der Waals surface area contributed by atoms with Crippen molar-refractivity contribution in [3.8, 4) is 5.69 Å². The van der Waals surface area contributed by atoms with Gasteiger partial charge in [-0.1, -0.05) is 48.8 Å². The van der Waals surface area contributed by atoms with Crippen molar-refractivity contribution in [2.75, 3.05) is 13.1 Å². The summed E-state index contributed by atoms with van der Waals surface area (Å²) < 4.78 is 48.2. The molecule has 0 atom stereocenters. The number of halogens is 3. The molecule has 1 aliphatic rings. The number of nitrogens with zero attached hydrogens (tertiary/aromatic N) is 6. The molecule has 4 rings (SSSR count). The van der Waals surface area contributed by atoms with Gasteiger partial charge in [-0.25, -0.2) is 0 Å². The minimum atomic E-state index is -4.49. The molecular weight excluding hydrogens is 453 g/mol. The standard InChI is InChI=1S/C22H27F3N6OS/c1-2-3-11-20-26-18(29-32-20)15-33-21-28-27-19(14-30-12-7-4-8-13-30)31(21)17-10-6-5-9-16(17)22(23,24)25/h5-6,9-10H,2-4,7-8,11-15H2,1H3. The molecule has 3 aromatic rings. The number of alkyl halides is 3. The lowest BCUT2D eigenvalue weighted by molar-refractivity contribution is -0.137. The zero-order valence-corrected chi connectivity index (χ0v) is 19.3. The van der Waals surface area contributed by atoms with E-state index in [1.54, 1.807) is 6.07 Å². The summed E-state index contributed by atoms with van der Waals surface area (Å²) >= 11 is 1.25. The van der Waals surface area contributed by atoms with Crippen molar-refractivity contribution in [3.63, 3.8) is 0 Å². The quantitative estimate of drug-likeness (QED) is 0.385. The van der Waals surface area contributed by atoms with Gasteiger partial charge in [0.05, 0.1) is 23.5 Å². The molecule has 0 saturated carbocycles. The van der Waals surface area contributed by atoms with Crippen LogP contribution in [0, 0.1) is 0 Å². The third kappa shape index (κ3) is 5.94. The maximum absolute atomic E-state index is 13.8. The Morgan fingerprint density at radius 3 is 2.64 bits per heavy atom. The van der Waals surface area contributed by atoms with Gasteiger partial charge in [0.2, 0.25) is 5.89 Å². The van der Waals surface area contributed by atoms with E-state index in [1.807, 2.05) is 0 Å². The molecule has 0 N–H and O–H groups in total. The highest BCUT2D eigenvalue weighted by atomic mass is 32.2. The Morgan fingerprint density at radius 2 is 1.88 bits per heavy atom. The second-order valence-corrected chi connectivity index (χ2v) is 9.02. The number of para-hydroxylation sites is 1. The Bertz CT molecular complexity index is 1040. The van der Waals surface area contributed by atoms with Crippen LogP contribution in [0.3, 0.4) is 0 Å². The molecule has 7 nitrogen and oxygen atoms in total. The van der Waals surface area contributed by atoms with Gasteiger partial charge in [0.15, 0.2) is 16.8 Å². The third-order valence-corrected chi connectivity index (χ3v) is 6.47. The Hall–Kier alpha value is -2.40. The fourth-order valence-electron chi connectivity index (χ4n) is 3.87. The van der Waals surface area contributed by atoms with Crippen LogP contribution in [0.1, 0.15) is 62.1 Å². The molecule has 1 aliphatic heterocycles. The second kappa shape index (κ2) is 10.7. The number of benzene rings is 1. The zero-order chi connectivity index (χ0) is 23.3. The smallest absolute Gasteiger partial charge is 0.339 e. The predicted molar refractivity (Wildman–Crippen MR) is 118 cm³/mol. The van der Waals surface area contributed by atoms with E-state index in [1.165, 1.54) is 34.9 Å². The van der Waals surface area contributed by atoms with Gasteiger partial charge in [-0.05, 0) is 44.5 Å². The number of hydrogen-bond donors (Lipinski definition) is 0. The molecule has 11 heteroatoms. The molecular formula is C22H27F3N6OS. The molecule has 178 valence electrons. The molecule has 1 saturated heterocycles. The largest absolute Gasteiger partial charge is 0.418 e. The molecule has 33 heavy (non-hydrogen) atoms. The van der Waals surface area contributed by atoms with E-state index in [0.717, 1.165) is 44.8 Å². The van der Waals surface area contributed by atoms with E-state index in [-0.39, 0.29) is 5.69 Å². The topological polar surface area (TPSA) is 72.9 Å². The second-order valence-electron chi connectivity index (χ2n) is 8.08. The molecule has 0 bridgehead atoms. The van der Waals surface area contributed by atoms with Gasteiger partial charge in [0, 0.05) is 6.42 Å². The van der Waals surface area contributed by atoms with Crippen molar-refractivity contribution in [2.24, 2.45) is 0 Å². The molecule has 0 radical (unpaired) electrons. The van der Waals surface area contributed by atoms with Crippen LogP contribution in [0.15, 0.2) is 33.9 Å². The highest BCUT2D eigenvalue weighted by Gasteiger charge is 2.35. The van der Waals surface area contributed by atoms with Crippen LogP contribution in [0.25, 0.3) is 5.69 Å². The number of aryl methyl sites for hydroxylation is 1. The highest BCUT2D eigenvalue weighted by molar-refractivity contribution is 7.98. The fraction of sp³-hybridized carbons (Fsp3) is 0.545. The lowest BCUT2D eigenvalue weighted by atomic mass is 10.1. The molecule has 3 heterocycles. The van der Waals surface area contributed by atoms with E-state index in [2.05, 4.69) is 32.2 Å². The van der Waals surface area contributed by atoms with E-state index in [4.69, 9.17) is 4.52 Å². The van der Waals surface area contributed by atoms with Gasteiger partial charge in [-0.15, -0.1) is 10.2 Å². The summed E-state index contributed by atoms with van der Waals surface area (Å²) in [4.78, 5) is 6.59. The van der Waals surface area contributed by atoms with Crippen molar-refractivity contribution in [1.29, 1.82) is 0 Å². The highest BCUT2D eigenvalue weighted by Crippen LogP contribution is 2.36. The van der Waals surface area contributed by atoms with E-state index >= 15 is 0 Å². The third-order valence-electron chi connectivity index (χ3n) is 5.55. The van der Waals surface area contributed by atoms with Crippen LogP contribution in [-0.4, -0.2) is 42.9 Å². The zero-order valence-electron chi connectivity index (χ0n) is 18.5. The minimum Gasteiger partial charge on any atom is -0.339 e. The van der Waals surface area contributed by atoms with Gasteiger partial charge >= 0.3 is 6.18 Å². The average molecular weight is 481 g/mol. The normalized spacial score (nSPS) is 15.3. The van der Waals surface area contributed by atoms with E-state index in [9.17, 15) is 13.2 Å². The number of aromatic nitrogens is 5. The van der Waals surface area contributed by atoms with Crippen LogP contribution < -0.4 is 0 Å². The Morgan fingerprint density at radius 1 is 1.09 bits per heavy atom. The first-order valence-corrected chi connectivity index (χ1v) is 12.2. The minimum absolute atomic E-state index is 0.0289. The van der Waals surface area contributed by atoms with Gasteiger partial charge in [-0.3, -0.25) is 9.47 Å². The van der Waals surface area contributed by atoms with Crippen molar-refractivity contribution < 1.29 is 17.7 Å². The van der Waals surface area contributed by atoms with E-state index in [0.29, 0.717) is 41.4 Å². The van der Waals surface area contributed by atoms with Gasteiger partial charge in [-0.2, -0.15) is 18.2 Å². The summed E-state index contributed by atoms with van der Waals surface area (Å²) in [6, 6.07) is 5.55. The molecule has 2 aromatic heterocycles. The van der Waals surface area contributed by atoms with Gasteiger partial charge in [0.25, 0.3) is 0 Å². The number of hydrogen-bond acceptors (Lipinski definition) is 7. The SMILES string of the molecule is CCCCc1nc(CSc2nnc(CN3CCCCC3)n2-c2ccccc2C(F)(F)F)no1. The summed E-state index contributed by atoms with van der Waals surface area (Å²) in [7, 11) is 0. The van der Waals surface area contributed by atoms with Crippen molar-refractivity contribution in [2.45, 2.75) is 69.1 Å². The first-order valence-electron chi connectivity index (χ1n) is 11.2. The Balaban J connectivity index is 1.62. The first-order chi connectivity index (χ1) is 16.0. The lowest BCUT2D eigenvalue weighted by Crippen LogP contribution is -2.30. The van der Waals surface area contributed by atoms with Crippen molar-refractivity contribution >= 4 is 11.8 Å². The number of likely N-dealkylation sites (tertiary alicyclic amines) is 1. The van der Waals surface area contributed by atoms with Crippen LogP contribution in [-0.2, 0) is 24.9 Å². The Kier molecular flexibility index (Phi) is 7.69. The monoisotopic (exact) mass is 480 g/mol. The molecule has 0 spiro atoms. The predicted octanol–water partition coefficient (Wildman–Crippen LogP) is 5.29. The number of thioether (sulfide) groups is 1. The van der Waals surface area contributed by atoms with Gasteiger partial charge < -0.3 is 4.52 Å². The first kappa shape index (κ1) is 23.7. The lowest BCUT2D eigenvalue weighted by Gasteiger charge is -2.26. The summed E-state index contributed by atoms with van der Waals surface area (Å²) in [5.41, 5.74) is -0.686. The van der Waals surface area contributed by atoms with Crippen LogP contribution in [0.2, 0.25) is 0 Å². The maximum atomic E-state index is 13.8. The number of unbranched alkanes of at least 4 members (excludes halogenated alkanes) is 1. The van der Waals surface area contributed by atoms with Crippen molar-refractivity contribution in [3.05, 3.63) is 47.4 Å². The summed E-state index contributed by atoms with van der Waals surface area (Å²) in [5, 5.41) is 12.9. The summed E-state index contributed by atoms with van der Waals surface area (Å²) in [5.74, 6) is 1.88. The molecule has 0 amide bonds. The number of piperidine rings is 1. The molecule has 1 aromatic carbocycles. The average Bonchev–Trinajstić information content (AvgIpc) is 3.43. The van der Waals surface area contributed by atoms with Crippen molar-refractivity contribution in [1.82, 2.24) is 29.8 Å². The maximum Gasteiger partial charge on any atom is 0.418 e. The molecule has 1 fully saturated rings. The summed E-state index contributed by atoms with van der Waals surface area (Å²) in [6.07, 6.45) is 1.52. The van der Waals surface area contributed by atoms with Crippen LogP contribution >= 0.6 is 11.8 Å². The molecule has 0 unspecified atom stereocenters. The fourth-order valence-corrected chi connectivity index (χ4v) is 4.68. The number of rotatable bonds is 9. The summed E-state index contributed by atoms with van der Waals surface area (Å²) in [6.45, 7) is 4.34. The molecule has 0 aliphatic carbocycles. The van der Waals surface area contributed by atoms with Gasteiger partial charge in [0.1, 0.15) is 0 Å². The van der Waals surface area contributed by atoms with Crippen LogP contribution in [0.5, 0.6) is 0 Å². The Labute approximate surface area is 194 Å².